The van der Waals surface area contributed by atoms with Crippen LogP contribution in [-0.2, 0) is 24.1 Å². The number of methoxy groups -OCH3 is 1. The molecule has 116 valence electrons. The smallest absolute Gasteiger partial charge is 0.191 e. The van der Waals surface area contributed by atoms with Crippen LogP contribution in [0.4, 0.5) is 0 Å². The molecule has 0 aliphatic heterocycles. The molecule has 0 heterocycles. The molecule has 4 nitrogen and oxygen atoms in total. The van der Waals surface area contributed by atoms with Gasteiger partial charge in [0.1, 0.15) is 0 Å². The van der Waals surface area contributed by atoms with E-state index in [1.54, 1.807) is 14.2 Å². The first-order chi connectivity index (χ1) is 10.0. The third-order valence-electron chi connectivity index (χ3n) is 4.08. The first-order valence-electron chi connectivity index (χ1n) is 7.64. The van der Waals surface area contributed by atoms with Gasteiger partial charge in [-0.15, -0.1) is 0 Å². The zero-order chi connectivity index (χ0) is 15.3. The monoisotopic (exact) mass is 289 g/mol. The van der Waals surface area contributed by atoms with Gasteiger partial charge in [-0.1, -0.05) is 18.2 Å². The van der Waals surface area contributed by atoms with E-state index in [0.29, 0.717) is 6.54 Å². The van der Waals surface area contributed by atoms with E-state index in [-0.39, 0.29) is 5.60 Å². The highest BCUT2D eigenvalue weighted by Gasteiger charge is 2.16. The highest BCUT2D eigenvalue weighted by Crippen LogP contribution is 2.22. The number of nitrogens with zero attached hydrogens (tertiary/aromatic N) is 1. The van der Waals surface area contributed by atoms with Gasteiger partial charge in [0.15, 0.2) is 5.96 Å². The number of aryl methyl sites for hydroxylation is 2. The zero-order valence-corrected chi connectivity index (χ0v) is 13.6. The van der Waals surface area contributed by atoms with E-state index < -0.39 is 0 Å². The molecule has 0 saturated carbocycles. The topological polar surface area (TPSA) is 45.7 Å². The molecule has 2 N–H and O–H groups in total. The number of hydrogen-bond donors (Lipinski definition) is 2. The molecule has 0 spiro atoms. The van der Waals surface area contributed by atoms with Crippen molar-refractivity contribution in [2.45, 2.75) is 45.3 Å². The summed E-state index contributed by atoms with van der Waals surface area (Å²) < 4.78 is 5.40. The molecule has 0 atom stereocenters. The number of benzene rings is 1. The summed E-state index contributed by atoms with van der Waals surface area (Å²) in [5.74, 6) is 0.806. The highest BCUT2D eigenvalue weighted by molar-refractivity contribution is 5.79. The predicted octanol–water partition coefficient (Wildman–Crippen LogP) is 2.27. The summed E-state index contributed by atoms with van der Waals surface area (Å²) in [6.45, 7) is 5.61. The molecule has 4 heteroatoms. The van der Waals surface area contributed by atoms with Gasteiger partial charge in [0.2, 0.25) is 0 Å². The minimum absolute atomic E-state index is 0.203. The number of nitrogens with one attached hydrogen (secondary N) is 2. The lowest BCUT2D eigenvalue weighted by molar-refractivity contribution is 0.0268. The molecular formula is C17H27N3O. The van der Waals surface area contributed by atoms with Gasteiger partial charge >= 0.3 is 0 Å². The van der Waals surface area contributed by atoms with Crippen LogP contribution in [0.25, 0.3) is 0 Å². The molecule has 0 amide bonds. The Bertz CT molecular complexity index is 509. The maximum atomic E-state index is 5.40. The van der Waals surface area contributed by atoms with E-state index >= 15 is 0 Å². The van der Waals surface area contributed by atoms with E-state index in [9.17, 15) is 0 Å². The average Bonchev–Trinajstić information content (AvgIpc) is 2.95. The molecule has 21 heavy (non-hydrogen) atoms. The number of fused-ring (bicyclic) bond motifs is 1. The molecule has 1 aromatic rings. The summed E-state index contributed by atoms with van der Waals surface area (Å²) in [4.78, 5) is 4.25. The van der Waals surface area contributed by atoms with E-state index in [1.165, 1.54) is 36.0 Å². The lowest BCUT2D eigenvalue weighted by atomic mass is 10.1. The maximum Gasteiger partial charge on any atom is 0.191 e. The van der Waals surface area contributed by atoms with Gasteiger partial charge in [-0.3, -0.25) is 4.99 Å². The predicted molar refractivity (Wildman–Crippen MR) is 87.8 cm³/mol. The average molecular weight is 289 g/mol. The van der Waals surface area contributed by atoms with Crippen LogP contribution < -0.4 is 10.6 Å². The van der Waals surface area contributed by atoms with E-state index in [0.717, 1.165) is 12.5 Å². The standard InChI is InChI=1S/C17H27N3O/c1-17(2,21-4)12-20-16(18-3)19-11-13-8-9-14-6-5-7-15(14)10-13/h8-10H,5-7,11-12H2,1-4H3,(H2,18,19,20). The van der Waals surface area contributed by atoms with Crippen molar-refractivity contribution in [2.75, 3.05) is 20.7 Å². The number of aliphatic imine (C=N–C) groups is 1. The van der Waals surface area contributed by atoms with E-state index in [4.69, 9.17) is 4.74 Å². The fourth-order valence-electron chi connectivity index (χ4n) is 2.51. The van der Waals surface area contributed by atoms with Gasteiger partial charge in [-0.05, 0) is 49.8 Å². The zero-order valence-electron chi connectivity index (χ0n) is 13.6. The van der Waals surface area contributed by atoms with Crippen molar-refractivity contribution in [1.29, 1.82) is 0 Å². The molecule has 0 radical (unpaired) electrons. The van der Waals surface area contributed by atoms with Crippen molar-refractivity contribution in [2.24, 2.45) is 4.99 Å². The van der Waals surface area contributed by atoms with Crippen LogP contribution in [0.1, 0.15) is 37.0 Å². The quantitative estimate of drug-likeness (QED) is 0.645. The molecular weight excluding hydrogens is 262 g/mol. The molecule has 0 saturated heterocycles. The Kier molecular flexibility index (Phi) is 5.23. The van der Waals surface area contributed by atoms with Crippen molar-refractivity contribution in [3.63, 3.8) is 0 Å². The van der Waals surface area contributed by atoms with Gasteiger partial charge in [0.05, 0.1) is 5.60 Å². The second-order valence-corrected chi connectivity index (χ2v) is 6.20. The third kappa shape index (κ3) is 4.46. The van der Waals surface area contributed by atoms with E-state index in [1.807, 2.05) is 13.8 Å². The minimum atomic E-state index is -0.203. The van der Waals surface area contributed by atoms with Crippen molar-refractivity contribution < 1.29 is 4.74 Å². The fourth-order valence-corrected chi connectivity index (χ4v) is 2.51. The van der Waals surface area contributed by atoms with Crippen molar-refractivity contribution in [3.05, 3.63) is 34.9 Å². The second-order valence-electron chi connectivity index (χ2n) is 6.20. The lowest BCUT2D eigenvalue weighted by Crippen LogP contribution is -2.45. The number of hydrogen-bond acceptors (Lipinski definition) is 2. The number of rotatable bonds is 5. The van der Waals surface area contributed by atoms with Gasteiger partial charge in [0.25, 0.3) is 0 Å². The molecule has 0 fully saturated rings. The fraction of sp³-hybridized carbons (Fsp3) is 0.588. The Hall–Kier alpha value is -1.55. The van der Waals surface area contributed by atoms with Crippen molar-refractivity contribution in [3.8, 4) is 0 Å². The SMILES string of the molecule is CN=C(NCc1ccc2c(c1)CCC2)NCC(C)(C)OC. The Morgan fingerprint density at radius 3 is 2.71 bits per heavy atom. The molecule has 0 unspecified atom stereocenters. The summed E-state index contributed by atoms with van der Waals surface area (Å²) in [5, 5.41) is 6.65. The van der Waals surface area contributed by atoms with Crippen LogP contribution in [0.2, 0.25) is 0 Å². The largest absolute Gasteiger partial charge is 0.377 e. The number of ether oxygens (including phenoxy) is 1. The van der Waals surface area contributed by atoms with Crippen LogP contribution >= 0.6 is 0 Å². The Balaban J connectivity index is 1.86. The molecule has 1 aliphatic rings. The summed E-state index contributed by atoms with van der Waals surface area (Å²) in [7, 11) is 3.51. The van der Waals surface area contributed by atoms with Gasteiger partial charge < -0.3 is 15.4 Å². The first-order valence-corrected chi connectivity index (χ1v) is 7.64. The summed E-state index contributed by atoms with van der Waals surface area (Å²) in [6, 6.07) is 6.80. The molecule has 1 aromatic carbocycles. The van der Waals surface area contributed by atoms with Gasteiger partial charge in [-0.25, -0.2) is 0 Å². The minimum Gasteiger partial charge on any atom is -0.377 e. The first kappa shape index (κ1) is 15.8. The third-order valence-corrected chi connectivity index (χ3v) is 4.08. The van der Waals surface area contributed by atoms with E-state index in [2.05, 4.69) is 33.8 Å². The van der Waals surface area contributed by atoms with Crippen LogP contribution in [0, 0.1) is 0 Å². The second kappa shape index (κ2) is 6.94. The van der Waals surface area contributed by atoms with Gasteiger partial charge in [-0.2, -0.15) is 0 Å². The summed E-state index contributed by atoms with van der Waals surface area (Å²) in [5.41, 5.74) is 4.14. The van der Waals surface area contributed by atoms with Crippen LogP contribution in [-0.4, -0.2) is 32.3 Å². The summed E-state index contributed by atoms with van der Waals surface area (Å²) >= 11 is 0. The lowest BCUT2D eigenvalue weighted by Gasteiger charge is -2.24. The Labute approximate surface area is 128 Å². The van der Waals surface area contributed by atoms with Crippen molar-refractivity contribution in [1.82, 2.24) is 10.6 Å². The molecule has 2 rings (SSSR count). The van der Waals surface area contributed by atoms with Crippen LogP contribution in [0.5, 0.6) is 0 Å². The molecule has 0 bridgehead atoms. The number of guanidine groups is 1. The highest BCUT2D eigenvalue weighted by atomic mass is 16.5. The van der Waals surface area contributed by atoms with Crippen molar-refractivity contribution >= 4 is 5.96 Å². The van der Waals surface area contributed by atoms with Crippen LogP contribution in [0.3, 0.4) is 0 Å². The maximum absolute atomic E-state index is 5.40. The van der Waals surface area contributed by atoms with Crippen LogP contribution in [0.15, 0.2) is 23.2 Å². The summed E-state index contributed by atoms with van der Waals surface area (Å²) in [6.07, 6.45) is 3.75. The Morgan fingerprint density at radius 1 is 1.24 bits per heavy atom. The normalized spacial score (nSPS) is 15.0. The Morgan fingerprint density at radius 2 is 2.00 bits per heavy atom. The molecule has 1 aliphatic carbocycles. The molecule has 0 aromatic heterocycles. The van der Waals surface area contributed by atoms with Gasteiger partial charge in [0, 0.05) is 27.2 Å².